The van der Waals surface area contributed by atoms with E-state index < -0.39 is 0 Å². The van der Waals surface area contributed by atoms with Gasteiger partial charge < -0.3 is 14.4 Å². The number of nitrogens with zero attached hydrogens (tertiary/aromatic N) is 1. The summed E-state index contributed by atoms with van der Waals surface area (Å²) in [4.78, 5) is 25.3. The van der Waals surface area contributed by atoms with Crippen molar-refractivity contribution in [3.05, 3.63) is 35.9 Å². The number of esters is 1. The summed E-state index contributed by atoms with van der Waals surface area (Å²) < 4.78 is 10.7. The molecule has 0 bridgehead atoms. The second-order valence-electron chi connectivity index (χ2n) is 6.19. The fourth-order valence-corrected chi connectivity index (χ4v) is 3.01. The first kappa shape index (κ1) is 16.7. The lowest BCUT2D eigenvalue weighted by atomic mass is 10.1. The van der Waals surface area contributed by atoms with Crippen LogP contribution < -0.4 is 4.90 Å². The van der Waals surface area contributed by atoms with Gasteiger partial charge in [-0.15, -0.1) is 0 Å². The Kier molecular flexibility index (Phi) is 5.64. The molecule has 2 saturated heterocycles. The Morgan fingerprint density at radius 3 is 2.75 bits per heavy atom. The van der Waals surface area contributed by atoms with Crippen molar-refractivity contribution in [2.45, 2.75) is 38.2 Å². The quantitative estimate of drug-likeness (QED) is 0.616. The van der Waals surface area contributed by atoms with E-state index in [0.717, 1.165) is 50.1 Å². The highest BCUT2D eigenvalue weighted by Crippen LogP contribution is 2.22. The van der Waals surface area contributed by atoms with Gasteiger partial charge in [0.1, 0.15) is 6.61 Å². The third-order valence-corrected chi connectivity index (χ3v) is 4.38. The van der Waals surface area contributed by atoms with E-state index >= 15 is 0 Å². The van der Waals surface area contributed by atoms with Crippen LogP contribution in [0.25, 0.3) is 6.08 Å². The van der Waals surface area contributed by atoms with E-state index in [4.69, 9.17) is 9.47 Å². The number of benzene rings is 1. The summed E-state index contributed by atoms with van der Waals surface area (Å²) in [5.74, 6) is -0.185. The van der Waals surface area contributed by atoms with Crippen LogP contribution in [0.15, 0.2) is 30.3 Å². The fourth-order valence-electron chi connectivity index (χ4n) is 3.01. The molecular weight excluding hydrogens is 306 g/mol. The topological polar surface area (TPSA) is 55.8 Å². The van der Waals surface area contributed by atoms with Crippen LogP contribution in [0.3, 0.4) is 0 Å². The molecule has 0 N–H and O–H groups in total. The van der Waals surface area contributed by atoms with E-state index in [1.807, 2.05) is 24.3 Å². The van der Waals surface area contributed by atoms with Crippen molar-refractivity contribution in [3.63, 3.8) is 0 Å². The average Bonchev–Trinajstić information content (AvgIpc) is 3.05. The van der Waals surface area contributed by atoms with Crippen molar-refractivity contribution in [2.75, 3.05) is 24.7 Å². The largest absolute Gasteiger partial charge is 0.460 e. The zero-order valence-corrected chi connectivity index (χ0v) is 13.8. The van der Waals surface area contributed by atoms with Crippen molar-refractivity contribution in [1.82, 2.24) is 0 Å². The number of carbonyl (C=O) groups excluding carboxylic acids is 2. The number of amides is 1. The number of ether oxygens (including phenoxy) is 2. The van der Waals surface area contributed by atoms with E-state index in [1.54, 1.807) is 11.0 Å². The first-order chi connectivity index (χ1) is 11.7. The molecule has 0 aliphatic carbocycles. The van der Waals surface area contributed by atoms with E-state index in [-0.39, 0.29) is 18.0 Å². The highest BCUT2D eigenvalue weighted by atomic mass is 16.6. The van der Waals surface area contributed by atoms with Gasteiger partial charge in [0.25, 0.3) is 0 Å². The first-order valence-corrected chi connectivity index (χ1v) is 8.59. The Bertz CT molecular complexity index is 602. The molecule has 128 valence electrons. The Morgan fingerprint density at radius 1 is 1.25 bits per heavy atom. The van der Waals surface area contributed by atoms with Crippen LogP contribution in [0.4, 0.5) is 5.69 Å². The molecule has 1 atom stereocenters. The number of rotatable bonds is 5. The minimum atomic E-state index is -0.358. The molecule has 1 aromatic carbocycles. The third kappa shape index (κ3) is 4.45. The smallest absolute Gasteiger partial charge is 0.330 e. The average molecular weight is 329 g/mol. The van der Waals surface area contributed by atoms with Gasteiger partial charge in [0, 0.05) is 31.3 Å². The summed E-state index contributed by atoms with van der Waals surface area (Å²) in [5.41, 5.74) is 1.81. The molecule has 0 saturated carbocycles. The molecule has 2 aliphatic heterocycles. The summed E-state index contributed by atoms with van der Waals surface area (Å²) in [6.45, 7) is 1.85. The maximum absolute atomic E-state index is 11.8. The van der Waals surface area contributed by atoms with E-state index in [9.17, 15) is 9.59 Å². The molecule has 2 fully saturated rings. The van der Waals surface area contributed by atoms with E-state index in [2.05, 4.69) is 0 Å². The lowest BCUT2D eigenvalue weighted by Gasteiger charge is -2.21. The van der Waals surface area contributed by atoms with Gasteiger partial charge in [-0.25, -0.2) is 4.79 Å². The monoisotopic (exact) mass is 329 g/mol. The van der Waals surface area contributed by atoms with Gasteiger partial charge in [-0.1, -0.05) is 12.1 Å². The molecule has 5 nitrogen and oxygen atoms in total. The minimum absolute atomic E-state index is 0.0355. The van der Waals surface area contributed by atoms with Crippen LogP contribution in [-0.4, -0.2) is 37.7 Å². The predicted molar refractivity (Wildman–Crippen MR) is 91.6 cm³/mol. The van der Waals surface area contributed by atoms with Gasteiger partial charge in [-0.3, -0.25) is 4.79 Å². The first-order valence-electron chi connectivity index (χ1n) is 8.59. The third-order valence-electron chi connectivity index (χ3n) is 4.38. The molecule has 2 aliphatic rings. The zero-order valence-electron chi connectivity index (χ0n) is 13.8. The molecule has 0 spiro atoms. The van der Waals surface area contributed by atoms with Crippen LogP contribution in [0, 0.1) is 0 Å². The lowest BCUT2D eigenvalue weighted by Crippen LogP contribution is -2.25. The van der Waals surface area contributed by atoms with Crippen LogP contribution in [-0.2, 0) is 19.1 Å². The van der Waals surface area contributed by atoms with E-state index in [1.165, 1.54) is 6.08 Å². The molecule has 5 heteroatoms. The molecule has 2 heterocycles. The summed E-state index contributed by atoms with van der Waals surface area (Å²) in [6.07, 6.45) is 7.89. The summed E-state index contributed by atoms with van der Waals surface area (Å²) >= 11 is 0. The van der Waals surface area contributed by atoms with Crippen LogP contribution >= 0.6 is 0 Å². The normalized spacial score (nSPS) is 21.4. The standard InChI is InChI=1S/C19H23NO4/c21-18-5-3-12-20(18)16-9-6-15(7-10-16)8-11-19(22)24-14-17-4-1-2-13-23-17/h6-11,17H,1-5,12-14H2/b11-8+. The van der Waals surface area contributed by atoms with Crippen LogP contribution in [0.1, 0.15) is 37.7 Å². The molecule has 0 radical (unpaired) electrons. The molecule has 24 heavy (non-hydrogen) atoms. The maximum atomic E-state index is 11.8. The molecule has 1 amide bonds. The second kappa shape index (κ2) is 8.11. The number of anilines is 1. The van der Waals surface area contributed by atoms with Gasteiger partial charge >= 0.3 is 5.97 Å². The zero-order chi connectivity index (χ0) is 16.8. The van der Waals surface area contributed by atoms with E-state index in [0.29, 0.717) is 13.0 Å². The van der Waals surface area contributed by atoms with Gasteiger partial charge in [0.15, 0.2) is 0 Å². The Hall–Kier alpha value is -2.14. The van der Waals surface area contributed by atoms with Gasteiger partial charge in [-0.05, 0) is 49.5 Å². The predicted octanol–water partition coefficient (Wildman–Crippen LogP) is 2.94. The van der Waals surface area contributed by atoms with Crippen LogP contribution in [0.2, 0.25) is 0 Å². The highest BCUT2D eigenvalue weighted by molar-refractivity contribution is 5.95. The van der Waals surface area contributed by atoms with Crippen molar-refractivity contribution in [1.29, 1.82) is 0 Å². The summed E-state index contributed by atoms with van der Waals surface area (Å²) in [6, 6.07) is 7.61. The second-order valence-corrected chi connectivity index (χ2v) is 6.19. The van der Waals surface area contributed by atoms with Gasteiger partial charge in [-0.2, -0.15) is 0 Å². The molecular formula is C19H23NO4. The van der Waals surface area contributed by atoms with Crippen molar-refractivity contribution in [3.8, 4) is 0 Å². The minimum Gasteiger partial charge on any atom is -0.460 e. The molecule has 0 aromatic heterocycles. The SMILES string of the molecule is O=C(/C=C/c1ccc(N2CCCC2=O)cc1)OCC1CCCCO1. The van der Waals surface area contributed by atoms with Gasteiger partial charge in [0.05, 0.1) is 6.10 Å². The molecule has 1 aromatic rings. The Balaban J connectivity index is 1.48. The van der Waals surface area contributed by atoms with Gasteiger partial charge in [0.2, 0.25) is 5.91 Å². The molecule has 1 unspecified atom stereocenters. The summed E-state index contributed by atoms with van der Waals surface area (Å²) in [7, 11) is 0. The Labute approximate surface area is 142 Å². The molecule has 3 rings (SSSR count). The summed E-state index contributed by atoms with van der Waals surface area (Å²) in [5, 5.41) is 0. The van der Waals surface area contributed by atoms with Crippen molar-refractivity contribution in [2.24, 2.45) is 0 Å². The number of hydrogen-bond acceptors (Lipinski definition) is 4. The fraction of sp³-hybridized carbons (Fsp3) is 0.474. The highest BCUT2D eigenvalue weighted by Gasteiger charge is 2.21. The number of carbonyl (C=O) groups is 2. The van der Waals surface area contributed by atoms with Crippen molar-refractivity contribution >= 4 is 23.6 Å². The van der Waals surface area contributed by atoms with Crippen LogP contribution in [0.5, 0.6) is 0 Å². The Morgan fingerprint density at radius 2 is 2.08 bits per heavy atom. The number of hydrogen-bond donors (Lipinski definition) is 0. The van der Waals surface area contributed by atoms with Crippen molar-refractivity contribution < 1.29 is 19.1 Å². The maximum Gasteiger partial charge on any atom is 0.330 e. The lowest BCUT2D eigenvalue weighted by molar-refractivity contribution is -0.143.